The number of rotatable bonds is 3. The van der Waals surface area contributed by atoms with Crippen molar-refractivity contribution in [2.45, 2.75) is 39.8 Å². The van der Waals surface area contributed by atoms with Crippen molar-refractivity contribution in [3.8, 4) is 0 Å². The maximum atomic E-state index is 13.1. The van der Waals surface area contributed by atoms with E-state index in [9.17, 15) is 4.79 Å². The maximum absolute atomic E-state index is 13.1. The monoisotopic (exact) mass is 454 g/mol. The lowest BCUT2D eigenvalue weighted by atomic mass is 9.92. The minimum atomic E-state index is -0.379. The molecule has 0 unspecified atom stereocenters. The summed E-state index contributed by atoms with van der Waals surface area (Å²) < 4.78 is 0. The average Bonchev–Trinajstić information content (AvgIpc) is 2.78. The average molecular weight is 455 g/mol. The van der Waals surface area contributed by atoms with Crippen molar-refractivity contribution in [1.29, 1.82) is 0 Å². The fourth-order valence-electron chi connectivity index (χ4n) is 4.74. The molecule has 1 N–H and O–H groups in total. The highest BCUT2D eigenvalue weighted by Crippen LogP contribution is 2.34. The Kier molecular flexibility index (Phi) is 6.68. The van der Waals surface area contributed by atoms with Crippen LogP contribution in [0.15, 0.2) is 48.5 Å². The van der Waals surface area contributed by atoms with Crippen LogP contribution in [0.5, 0.6) is 0 Å². The Morgan fingerprint density at radius 3 is 2.22 bits per heavy atom. The van der Waals surface area contributed by atoms with Gasteiger partial charge in [0.15, 0.2) is 0 Å². The summed E-state index contributed by atoms with van der Waals surface area (Å²) >= 11 is 6.14. The van der Waals surface area contributed by atoms with E-state index in [-0.39, 0.29) is 17.4 Å². The van der Waals surface area contributed by atoms with Crippen molar-refractivity contribution < 1.29 is 4.79 Å². The first-order valence-electron chi connectivity index (χ1n) is 11.6. The Balaban J connectivity index is 1.60. The van der Waals surface area contributed by atoms with Crippen LogP contribution in [0.3, 0.4) is 0 Å². The highest BCUT2D eigenvalue weighted by molar-refractivity contribution is 6.30. The molecule has 0 aromatic heterocycles. The first-order chi connectivity index (χ1) is 15.2. The standard InChI is InChI=1S/C26H35ClN4O/c1-19-17-29(14-13-28-19)22-9-5-20(6-10-22)24-18-30(25(32)26(2,3)4)15-16-31(24)23-11-7-21(27)8-12-23/h5-12,19,24,28H,13-18H2,1-4H3/t19-,24+/m1/s1. The van der Waals surface area contributed by atoms with Crippen molar-refractivity contribution in [2.75, 3.05) is 49.1 Å². The molecule has 1 amide bonds. The van der Waals surface area contributed by atoms with Crippen LogP contribution in [-0.2, 0) is 4.79 Å². The highest BCUT2D eigenvalue weighted by Gasteiger charge is 2.35. The van der Waals surface area contributed by atoms with Gasteiger partial charge in [0, 0.05) is 67.1 Å². The molecule has 2 atom stereocenters. The van der Waals surface area contributed by atoms with Crippen LogP contribution in [0.2, 0.25) is 5.02 Å². The van der Waals surface area contributed by atoms with Gasteiger partial charge < -0.3 is 20.0 Å². The first-order valence-corrected chi connectivity index (χ1v) is 12.0. The van der Waals surface area contributed by atoms with Crippen molar-refractivity contribution in [2.24, 2.45) is 5.41 Å². The van der Waals surface area contributed by atoms with Gasteiger partial charge in [0.05, 0.1) is 6.04 Å². The SMILES string of the molecule is C[C@@H]1CN(c2ccc([C@@H]3CN(C(=O)C(C)(C)C)CCN3c3ccc(Cl)cc3)cc2)CCN1. The zero-order chi connectivity index (χ0) is 22.9. The Hall–Kier alpha value is -2.24. The maximum Gasteiger partial charge on any atom is 0.228 e. The summed E-state index contributed by atoms with van der Waals surface area (Å²) in [7, 11) is 0. The molecule has 6 heteroatoms. The van der Waals surface area contributed by atoms with Crippen LogP contribution in [0.4, 0.5) is 11.4 Å². The highest BCUT2D eigenvalue weighted by atomic mass is 35.5. The smallest absolute Gasteiger partial charge is 0.228 e. The van der Waals surface area contributed by atoms with Crippen LogP contribution in [-0.4, -0.2) is 56.1 Å². The van der Waals surface area contributed by atoms with Gasteiger partial charge in [0.1, 0.15) is 0 Å². The fraction of sp³-hybridized carbons (Fsp3) is 0.500. The number of anilines is 2. The quantitative estimate of drug-likeness (QED) is 0.737. The first kappa shape index (κ1) is 22.9. The lowest BCUT2D eigenvalue weighted by Gasteiger charge is -2.44. The van der Waals surface area contributed by atoms with E-state index in [0.29, 0.717) is 12.6 Å². The molecule has 0 saturated carbocycles. The summed E-state index contributed by atoms with van der Waals surface area (Å²) in [5.74, 6) is 0.213. The lowest BCUT2D eigenvalue weighted by molar-refractivity contribution is -0.140. The molecule has 2 fully saturated rings. The van der Waals surface area contributed by atoms with Crippen molar-refractivity contribution in [3.63, 3.8) is 0 Å². The predicted molar refractivity (Wildman–Crippen MR) is 134 cm³/mol. The van der Waals surface area contributed by atoms with Gasteiger partial charge >= 0.3 is 0 Å². The molecule has 0 aliphatic carbocycles. The van der Waals surface area contributed by atoms with Gasteiger partial charge in [-0.15, -0.1) is 0 Å². The van der Waals surface area contributed by atoms with E-state index >= 15 is 0 Å². The number of hydrogen-bond donors (Lipinski definition) is 1. The zero-order valence-corrected chi connectivity index (χ0v) is 20.4. The second-order valence-electron chi connectivity index (χ2n) is 10.1. The molecule has 2 aliphatic heterocycles. The molecule has 32 heavy (non-hydrogen) atoms. The number of amides is 1. The van der Waals surface area contributed by atoms with Gasteiger partial charge in [-0.3, -0.25) is 4.79 Å². The number of nitrogens with zero attached hydrogens (tertiary/aromatic N) is 3. The molecular formula is C26H35ClN4O. The summed E-state index contributed by atoms with van der Waals surface area (Å²) in [5.41, 5.74) is 3.26. The molecule has 4 rings (SSSR count). The van der Waals surface area contributed by atoms with E-state index in [2.05, 4.69) is 58.4 Å². The summed E-state index contributed by atoms with van der Waals surface area (Å²) in [6, 6.07) is 17.6. The summed E-state index contributed by atoms with van der Waals surface area (Å²) in [6.45, 7) is 13.5. The second kappa shape index (κ2) is 9.32. The number of halogens is 1. The van der Waals surface area contributed by atoms with Crippen LogP contribution in [0.1, 0.15) is 39.3 Å². The van der Waals surface area contributed by atoms with Gasteiger partial charge in [-0.25, -0.2) is 0 Å². The molecule has 172 valence electrons. The van der Waals surface area contributed by atoms with Gasteiger partial charge in [0.2, 0.25) is 5.91 Å². The van der Waals surface area contributed by atoms with Crippen LogP contribution < -0.4 is 15.1 Å². The minimum Gasteiger partial charge on any atom is -0.369 e. The van der Waals surface area contributed by atoms with Crippen molar-refractivity contribution in [3.05, 3.63) is 59.1 Å². The van der Waals surface area contributed by atoms with Gasteiger partial charge in [-0.05, 0) is 48.9 Å². The Bertz CT molecular complexity index is 922. The van der Waals surface area contributed by atoms with Crippen LogP contribution >= 0.6 is 11.6 Å². The van der Waals surface area contributed by atoms with Gasteiger partial charge in [-0.1, -0.05) is 44.5 Å². The number of nitrogens with one attached hydrogen (secondary N) is 1. The third-order valence-electron chi connectivity index (χ3n) is 6.48. The van der Waals surface area contributed by atoms with Crippen LogP contribution in [0.25, 0.3) is 0 Å². The molecule has 0 spiro atoms. The number of carbonyl (C=O) groups excluding carboxylic acids is 1. The molecule has 2 saturated heterocycles. The number of carbonyl (C=O) groups is 1. The summed E-state index contributed by atoms with van der Waals surface area (Å²) in [4.78, 5) is 19.9. The molecular weight excluding hydrogens is 420 g/mol. The van der Waals surface area contributed by atoms with Gasteiger partial charge in [0.25, 0.3) is 0 Å². The van der Waals surface area contributed by atoms with E-state index < -0.39 is 0 Å². The lowest BCUT2D eigenvalue weighted by Crippen LogP contribution is -2.53. The largest absolute Gasteiger partial charge is 0.369 e. The van der Waals surface area contributed by atoms with Gasteiger partial charge in [-0.2, -0.15) is 0 Å². The Morgan fingerprint density at radius 1 is 0.938 bits per heavy atom. The predicted octanol–water partition coefficient (Wildman–Crippen LogP) is 4.57. The number of hydrogen-bond acceptors (Lipinski definition) is 4. The number of piperazine rings is 2. The molecule has 2 heterocycles. The molecule has 2 aliphatic rings. The van der Waals surface area contributed by atoms with E-state index in [4.69, 9.17) is 11.6 Å². The second-order valence-corrected chi connectivity index (χ2v) is 10.5. The molecule has 0 radical (unpaired) electrons. The molecule has 2 aromatic rings. The zero-order valence-electron chi connectivity index (χ0n) is 19.6. The topological polar surface area (TPSA) is 38.8 Å². The molecule has 2 aromatic carbocycles. The summed E-state index contributed by atoms with van der Waals surface area (Å²) in [5, 5.41) is 4.24. The minimum absolute atomic E-state index is 0.104. The molecule has 0 bridgehead atoms. The van der Waals surface area contributed by atoms with Crippen LogP contribution in [0, 0.1) is 5.41 Å². The van der Waals surface area contributed by atoms with Crippen molar-refractivity contribution in [1.82, 2.24) is 10.2 Å². The third kappa shape index (κ3) is 5.05. The molecule has 5 nitrogen and oxygen atoms in total. The third-order valence-corrected chi connectivity index (χ3v) is 6.73. The number of benzene rings is 2. The van der Waals surface area contributed by atoms with E-state index in [1.54, 1.807) is 0 Å². The van der Waals surface area contributed by atoms with E-state index in [1.165, 1.54) is 11.3 Å². The van der Waals surface area contributed by atoms with E-state index in [1.807, 2.05) is 37.8 Å². The Labute approximate surface area is 197 Å². The Morgan fingerprint density at radius 2 is 1.59 bits per heavy atom. The van der Waals surface area contributed by atoms with Crippen molar-refractivity contribution >= 4 is 28.9 Å². The fourth-order valence-corrected chi connectivity index (χ4v) is 4.87. The summed E-state index contributed by atoms with van der Waals surface area (Å²) in [6.07, 6.45) is 0. The van der Waals surface area contributed by atoms with E-state index in [0.717, 1.165) is 43.4 Å². The normalized spacial score (nSPS) is 22.2.